The van der Waals surface area contributed by atoms with E-state index >= 15 is 0 Å². The molecule has 0 radical (unpaired) electrons. The van der Waals surface area contributed by atoms with E-state index in [4.69, 9.17) is 0 Å². The lowest BCUT2D eigenvalue weighted by Gasteiger charge is -2.21. The van der Waals surface area contributed by atoms with Crippen molar-refractivity contribution >= 4 is 26.3 Å². The number of halogens is 1. The highest BCUT2D eigenvalue weighted by atomic mass is 32.2. The molecule has 1 saturated heterocycles. The summed E-state index contributed by atoms with van der Waals surface area (Å²) in [6.07, 6.45) is 5.14. The summed E-state index contributed by atoms with van der Waals surface area (Å²) in [5.74, 6) is -0.328. The van der Waals surface area contributed by atoms with Crippen LogP contribution in [0.3, 0.4) is 0 Å². The quantitative estimate of drug-likeness (QED) is 0.813. The van der Waals surface area contributed by atoms with Crippen LogP contribution in [0.2, 0.25) is 0 Å². The molecule has 2 aliphatic rings. The molecule has 1 aromatic heterocycles. The molecule has 2 unspecified atom stereocenters. The molecule has 21 heavy (non-hydrogen) atoms. The average Bonchev–Trinajstić information content (AvgIpc) is 2.66. The van der Waals surface area contributed by atoms with Gasteiger partial charge in [0.25, 0.3) is 0 Å². The van der Waals surface area contributed by atoms with E-state index < -0.39 is 15.1 Å². The van der Waals surface area contributed by atoms with Gasteiger partial charge in [0, 0.05) is 23.2 Å². The Morgan fingerprint density at radius 2 is 2.10 bits per heavy atom. The van der Waals surface area contributed by atoms with Crippen molar-refractivity contribution in [1.82, 2.24) is 4.98 Å². The van der Waals surface area contributed by atoms with Crippen molar-refractivity contribution in [2.75, 3.05) is 0 Å². The van der Waals surface area contributed by atoms with Crippen LogP contribution in [0, 0.1) is 5.82 Å². The van der Waals surface area contributed by atoms with Gasteiger partial charge in [0.15, 0.2) is 9.84 Å². The molecule has 2 atom stereocenters. The van der Waals surface area contributed by atoms with Crippen LogP contribution in [0.5, 0.6) is 0 Å². The Bertz CT molecular complexity index is 873. The van der Waals surface area contributed by atoms with Crippen molar-refractivity contribution < 1.29 is 12.8 Å². The van der Waals surface area contributed by atoms with Gasteiger partial charge in [-0.1, -0.05) is 12.1 Å². The van der Waals surface area contributed by atoms with E-state index in [-0.39, 0.29) is 11.1 Å². The maximum Gasteiger partial charge on any atom is 0.159 e. The third kappa shape index (κ3) is 1.91. The summed E-state index contributed by atoms with van der Waals surface area (Å²) in [5.41, 5.74) is 1.95. The Hall–Kier alpha value is -1.75. The van der Waals surface area contributed by atoms with Gasteiger partial charge >= 0.3 is 0 Å². The molecule has 2 bridgehead atoms. The van der Waals surface area contributed by atoms with Gasteiger partial charge in [0.05, 0.1) is 16.0 Å². The average molecular weight is 303 g/mol. The van der Waals surface area contributed by atoms with Gasteiger partial charge in [-0.15, -0.1) is 0 Å². The summed E-state index contributed by atoms with van der Waals surface area (Å²) >= 11 is 0. The first kappa shape index (κ1) is 13.0. The zero-order valence-electron chi connectivity index (χ0n) is 11.3. The number of hydrogen-bond acceptors (Lipinski definition) is 3. The molecule has 2 aliphatic heterocycles. The summed E-state index contributed by atoms with van der Waals surface area (Å²) in [5, 5.41) is 0.0947. The largest absolute Gasteiger partial charge is 0.256 e. The van der Waals surface area contributed by atoms with Gasteiger partial charge in [-0.2, -0.15) is 0 Å². The van der Waals surface area contributed by atoms with E-state index in [9.17, 15) is 12.8 Å². The van der Waals surface area contributed by atoms with E-state index in [2.05, 4.69) is 4.98 Å². The smallest absolute Gasteiger partial charge is 0.159 e. The van der Waals surface area contributed by atoms with E-state index in [1.807, 2.05) is 12.1 Å². The second-order valence-corrected chi connectivity index (χ2v) is 8.20. The minimum Gasteiger partial charge on any atom is -0.256 e. The van der Waals surface area contributed by atoms with Gasteiger partial charge in [0.2, 0.25) is 0 Å². The van der Waals surface area contributed by atoms with Crippen LogP contribution in [-0.2, 0) is 9.84 Å². The van der Waals surface area contributed by atoms with Gasteiger partial charge < -0.3 is 0 Å². The van der Waals surface area contributed by atoms with Gasteiger partial charge in [-0.3, -0.25) is 4.98 Å². The summed E-state index contributed by atoms with van der Waals surface area (Å²) in [7, 11) is -3.04. The number of sulfone groups is 1. The number of benzene rings is 1. The predicted molar refractivity (Wildman–Crippen MR) is 80.0 cm³/mol. The molecule has 0 aliphatic carbocycles. The number of rotatable bonds is 1. The first-order valence-corrected chi connectivity index (χ1v) is 8.65. The Kier molecular flexibility index (Phi) is 2.70. The molecule has 3 heterocycles. The summed E-state index contributed by atoms with van der Waals surface area (Å²) in [6, 6.07) is 6.91. The molecule has 108 valence electrons. The molecule has 5 heteroatoms. The number of allylic oxidation sites excluding steroid dienone is 1. The molecular formula is C16H14FNO2S. The molecule has 2 aromatic rings. The molecule has 1 fully saturated rings. The van der Waals surface area contributed by atoms with Crippen LogP contribution < -0.4 is 0 Å². The van der Waals surface area contributed by atoms with Crippen molar-refractivity contribution in [3.63, 3.8) is 0 Å². The summed E-state index contributed by atoms with van der Waals surface area (Å²) < 4.78 is 38.5. The fourth-order valence-electron chi connectivity index (χ4n) is 3.40. The number of fused-ring (bicyclic) bond motifs is 3. The second-order valence-electron chi connectivity index (χ2n) is 5.75. The molecular weight excluding hydrogens is 289 g/mol. The highest BCUT2D eigenvalue weighted by Crippen LogP contribution is 2.41. The maximum absolute atomic E-state index is 14.3. The lowest BCUT2D eigenvalue weighted by molar-refractivity contribution is 0.584. The number of aromatic nitrogens is 1. The van der Waals surface area contributed by atoms with Crippen molar-refractivity contribution in [2.24, 2.45) is 0 Å². The van der Waals surface area contributed by atoms with Crippen LogP contribution in [-0.4, -0.2) is 23.9 Å². The van der Waals surface area contributed by atoms with Gasteiger partial charge in [0.1, 0.15) is 5.82 Å². The Morgan fingerprint density at radius 3 is 2.90 bits per heavy atom. The normalized spacial score (nSPS) is 26.8. The monoisotopic (exact) mass is 303 g/mol. The predicted octanol–water partition coefficient (Wildman–Crippen LogP) is 3.11. The molecule has 0 spiro atoms. The van der Waals surface area contributed by atoms with Crippen LogP contribution in [0.15, 0.2) is 36.5 Å². The van der Waals surface area contributed by atoms with Crippen LogP contribution in [0.25, 0.3) is 16.5 Å². The van der Waals surface area contributed by atoms with E-state index in [0.29, 0.717) is 30.3 Å². The first-order chi connectivity index (χ1) is 10.1. The fourth-order valence-corrected chi connectivity index (χ4v) is 5.59. The maximum atomic E-state index is 14.3. The van der Waals surface area contributed by atoms with Gasteiger partial charge in [-0.05, 0) is 37.0 Å². The van der Waals surface area contributed by atoms with Crippen molar-refractivity contribution in [3.8, 4) is 0 Å². The van der Waals surface area contributed by atoms with Crippen molar-refractivity contribution in [3.05, 3.63) is 47.9 Å². The molecule has 3 nitrogen and oxygen atoms in total. The van der Waals surface area contributed by atoms with E-state index in [1.54, 1.807) is 18.3 Å². The Morgan fingerprint density at radius 1 is 1.24 bits per heavy atom. The van der Waals surface area contributed by atoms with Crippen molar-refractivity contribution in [1.29, 1.82) is 0 Å². The standard InChI is InChI=1S/C16H14FNO2S/c17-15-9-16-10(2-1-5-18-16)8-14(15)11-6-12-3-4-13(7-11)21(12,19)20/h1-2,5-6,8-9,12-13H,3-4,7H2. The molecule has 1 aromatic carbocycles. The lowest BCUT2D eigenvalue weighted by atomic mass is 9.98. The zero-order valence-corrected chi connectivity index (χ0v) is 12.1. The van der Waals surface area contributed by atoms with Gasteiger partial charge in [-0.25, -0.2) is 12.8 Å². The topological polar surface area (TPSA) is 47.0 Å². The lowest BCUT2D eigenvalue weighted by Crippen LogP contribution is -2.26. The minimum atomic E-state index is -3.04. The van der Waals surface area contributed by atoms with E-state index in [1.165, 1.54) is 6.07 Å². The number of pyridine rings is 1. The summed E-state index contributed by atoms with van der Waals surface area (Å²) in [4.78, 5) is 4.14. The third-order valence-corrected chi connectivity index (χ3v) is 7.08. The minimum absolute atomic E-state index is 0.328. The van der Waals surface area contributed by atoms with Crippen molar-refractivity contribution in [2.45, 2.75) is 29.8 Å². The van der Waals surface area contributed by atoms with Crippen LogP contribution in [0.4, 0.5) is 4.39 Å². The molecule has 0 amide bonds. The SMILES string of the molecule is O=S1(=O)C2C=C(c3cc4cccnc4cc3F)CC1CC2. The van der Waals surface area contributed by atoms with Crippen LogP contribution >= 0.6 is 0 Å². The highest BCUT2D eigenvalue weighted by molar-refractivity contribution is 7.93. The first-order valence-electron chi connectivity index (χ1n) is 7.04. The van der Waals surface area contributed by atoms with Crippen LogP contribution in [0.1, 0.15) is 24.8 Å². The molecule has 0 saturated carbocycles. The highest BCUT2D eigenvalue weighted by Gasteiger charge is 2.43. The zero-order chi connectivity index (χ0) is 14.6. The molecule has 4 rings (SSSR count). The Balaban J connectivity index is 1.86. The number of nitrogens with zero attached hydrogens (tertiary/aromatic N) is 1. The third-order valence-electron chi connectivity index (χ3n) is 4.53. The molecule has 0 N–H and O–H groups in total. The van der Waals surface area contributed by atoms with E-state index in [0.717, 1.165) is 11.0 Å². The summed E-state index contributed by atoms with van der Waals surface area (Å²) in [6.45, 7) is 0. The fraction of sp³-hybridized carbons (Fsp3) is 0.312. The second kappa shape index (κ2) is 4.37. The number of hydrogen-bond donors (Lipinski definition) is 0. The Labute approximate surface area is 122 Å².